The van der Waals surface area contributed by atoms with Crippen molar-refractivity contribution >= 4 is 17.5 Å². The van der Waals surface area contributed by atoms with Gasteiger partial charge in [0.15, 0.2) is 0 Å². The van der Waals surface area contributed by atoms with Gasteiger partial charge in [0.05, 0.1) is 11.1 Å². The summed E-state index contributed by atoms with van der Waals surface area (Å²) in [5.74, 6) is 0.591. The lowest BCUT2D eigenvalue weighted by Crippen LogP contribution is -2.37. The summed E-state index contributed by atoms with van der Waals surface area (Å²) in [6, 6.07) is 5.10. The fourth-order valence-electron chi connectivity index (χ4n) is 3.42. The first-order valence-corrected chi connectivity index (χ1v) is 7.34. The molecule has 0 bridgehead atoms. The molecule has 0 radical (unpaired) electrons. The molecule has 1 saturated carbocycles. The molecule has 4 nitrogen and oxygen atoms in total. The minimum absolute atomic E-state index is 0.185. The molecule has 0 aromatic heterocycles. The second kappa shape index (κ2) is 4.93. The highest BCUT2D eigenvalue weighted by Gasteiger charge is 2.39. The average Bonchev–Trinajstić information content (AvgIpc) is 2.67. The molecule has 2 unspecified atom stereocenters. The molecule has 1 aromatic rings. The number of imide groups is 1. The molecular weight excluding hydrogens is 252 g/mol. The van der Waals surface area contributed by atoms with Crippen LogP contribution in [-0.2, 0) is 0 Å². The van der Waals surface area contributed by atoms with Gasteiger partial charge < -0.3 is 5.73 Å². The summed E-state index contributed by atoms with van der Waals surface area (Å²) in [5, 5.41) is 0. The summed E-state index contributed by atoms with van der Waals surface area (Å²) in [6.07, 6.45) is 4.74. The zero-order chi connectivity index (χ0) is 14.3. The monoisotopic (exact) mass is 272 g/mol. The predicted octanol–water partition coefficient (Wildman–Crippen LogP) is 2.69. The van der Waals surface area contributed by atoms with Crippen LogP contribution in [0, 0.1) is 11.8 Å². The van der Waals surface area contributed by atoms with E-state index in [0.29, 0.717) is 35.2 Å². The van der Waals surface area contributed by atoms with Gasteiger partial charge in [-0.25, -0.2) is 0 Å². The minimum Gasteiger partial charge on any atom is -0.398 e. The Bertz CT molecular complexity index is 568. The molecule has 2 N–H and O–H groups in total. The first-order chi connectivity index (χ1) is 9.59. The number of rotatable bonds is 2. The number of nitrogens with zero attached hydrogens (tertiary/aromatic N) is 1. The number of benzene rings is 1. The van der Waals surface area contributed by atoms with Crippen molar-refractivity contribution in [1.29, 1.82) is 0 Å². The summed E-state index contributed by atoms with van der Waals surface area (Å²) >= 11 is 0. The van der Waals surface area contributed by atoms with Crippen LogP contribution in [0.5, 0.6) is 0 Å². The van der Waals surface area contributed by atoms with E-state index in [9.17, 15) is 9.59 Å². The van der Waals surface area contributed by atoms with E-state index in [1.165, 1.54) is 24.2 Å². The fraction of sp³-hybridized carbons (Fsp3) is 0.500. The molecule has 1 aliphatic carbocycles. The molecule has 3 rings (SSSR count). The Morgan fingerprint density at radius 3 is 2.65 bits per heavy atom. The quantitative estimate of drug-likeness (QED) is 0.665. The van der Waals surface area contributed by atoms with Crippen molar-refractivity contribution in [3.63, 3.8) is 0 Å². The highest BCUT2D eigenvalue weighted by molar-refractivity contribution is 6.23. The second-order valence-corrected chi connectivity index (χ2v) is 6.01. The van der Waals surface area contributed by atoms with Gasteiger partial charge in [0.2, 0.25) is 0 Å². The van der Waals surface area contributed by atoms with Crippen LogP contribution in [0.2, 0.25) is 0 Å². The molecule has 2 amide bonds. The van der Waals surface area contributed by atoms with Crippen LogP contribution in [0.25, 0.3) is 0 Å². The van der Waals surface area contributed by atoms with Crippen LogP contribution in [0.1, 0.15) is 53.3 Å². The van der Waals surface area contributed by atoms with Gasteiger partial charge in [0.1, 0.15) is 0 Å². The van der Waals surface area contributed by atoms with Crippen LogP contribution >= 0.6 is 0 Å². The molecule has 1 aromatic carbocycles. The van der Waals surface area contributed by atoms with Crippen LogP contribution in [-0.4, -0.2) is 23.3 Å². The molecule has 1 aliphatic heterocycles. The second-order valence-electron chi connectivity index (χ2n) is 6.01. The fourth-order valence-corrected chi connectivity index (χ4v) is 3.42. The first kappa shape index (κ1) is 13.2. The number of nitrogen functional groups attached to an aromatic ring is 1. The van der Waals surface area contributed by atoms with E-state index in [-0.39, 0.29) is 11.8 Å². The smallest absolute Gasteiger partial charge is 0.263 e. The Hall–Kier alpha value is -1.84. The largest absolute Gasteiger partial charge is 0.398 e. The van der Waals surface area contributed by atoms with Crippen molar-refractivity contribution < 1.29 is 9.59 Å². The summed E-state index contributed by atoms with van der Waals surface area (Å²) in [5.41, 5.74) is 7.10. The SMILES string of the molecule is CC1CCCCC1CN1C(=O)c2cccc(N)c2C1=O. The van der Waals surface area contributed by atoms with Gasteiger partial charge in [0, 0.05) is 12.2 Å². The Kier molecular flexibility index (Phi) is 3.24. The van der Waals surface area contributed by atoms with E-state index >= 15 is 0 Å². The van der Waals surface area contributed by atoms with Gasteiger partial charge >= 0.3 is 0 Å². The third kappa shape index (κ3) is 1.99. The number of hydrogen-bond donors (Lipinski definition) is 1. The van der Waals surface area contributed by atoms with E-state index in [0.717, 1.165) is 6.42 Å². The number of hydrogen-bond acceptors (Lipinski definition) is 3. The van der Waals surface area contributed by atoms with Crippen molar-refractivity contribution in [3.8, 4) is 0 Å². The maximum atomic E-state index is 12.4. The van der Waals surface area contributed by atoms with E-state index in [1.807, 2.05) is 0 Å². The Morgan fingerprint density at radius 2 is 1.95 bits per heavy atom. The van der Waals surface area contributed by atoms with Crippen molar-refractivity contribution in [3.05, 3.63) is 29.3 Å². The number of fused-ring (bicyclic) bond motifs is 1. The molecule has 4 heteroatoms. The predicted molar refractivity (Wildman–Crippen MR) is 77.3 cm³/mol. The van der Waals surface area contributed by atoms with Gasteiger partial charge in [-0.15, -0.1) is 0 Å². The highest BCUT2D eigenvalue weighted by atomic mass is 16.2. The van der Waals surface area contributed by atoms with Crippen molar-refractivity contribution in [2.24, 2.45) is 11.8 Å². The number of amides is 2. The van der Waals surface area contributed by atoms with Crippen LogP contribution < -0.4 is 5.73 Å². The summed E-state index contributed by atoms with van der Waals surface area (Å²) in [6.45, 7) is 2.75. The summed E-state index contributed by atoms with van der Waals surface area (Å²) in [7, 11) is 0. The van der Waals surface area contributed by atoms with E-state index < -0.39 is 0 Å². The van der Waals surface area contributed by atoms with Gasteiger partial charge in [-0.3, -0.25) is 14.5 Å². The lowest BCUT2D eigenvalue weighted by atomic mass is 9.80. The number of carbonyl (C=O) groups is 2. The van der Waals surface area contributed by atoms with Crippen LogP contribution in [0.4, 0.5) is 5.69 Å². The van der Waals surface area contributed by atoms with Crippen molar-refractivity contribution in [1.82, 2.24) is 4.90 Å². The molecule has 1 fully saturated rings. The number of nitrogens with two attached hydrogens (primary N) is 1. The van der Waals surface area contributed by atoms with E-state index in [4.69, 9.17) is 5.73 Å². The van der Waals surface area contributed by atoms with Gasteiger partial charge in [-0.1, -0.05) is 32.3 Å². The van der Waals surface area contributed by atoms with Gasteiger partial charge in [0.25, 0.3) is 11.8 Å². The minimum atomic E-state index is -0.221. The summed E-state index contributed by atoms with van der Waals surface area (Å²) in [4.78, 5) is 26.2. The molecule has 106 valence electrons. The lowest BCUT2D eigenvalue weighted by Gasteiger charge is -2.31. The molecular formula is C16H20N2O2. The summed E-state index contributed by atoms with van der Waals surface area (Å²) < 4.78 is 0. The Morgan fingerprint density at radius 1 is 1.20 bits per heavy atom. The molecule has 2 aliphatic rings. The van der Waals surface area contributed by atoms with Crippen LogP contribution in [0.15, 0.2) is 18.2 Å². The standard InChI is InChI=1S/C16H20N2O2/c1-10-5-2-3-6-11(10)9-18-15(19)12-7-4-8-13(17)14(12)16(18)20/h4,7-8,10-11H,2-3,5-6,9,17H2,1H3. The third-order valence-electron chi connectivity index (χ3n) is 4.74. The molecule has 1 heterocycles. The first-order valence-electron chi connectivity index (χ1n) is 7.34. The van der Waals surface area contributed by atoms with Gasteiger partial charge in [-0.2, -0.15) is 0 Å². The lowest BCUT2D eigenvalue weighted by molar-refractivity contribution is 0.0594. The zero-order valence-electron chi connectivity index (χ0n) is 11.8. The Labute approximate surface area is 118 Å². The molecule has 2 atom stereocenters. The Balaban J connectivity index is 1.85. The number of carbonyl (C=O) groups excluding carboxylic acids is 2. The molecule has 0 spiro atoms. The molecule has 0 saturated heterocycles. The highest BCUT2D eigenvalue weighted by Crippen LogP contribution is 2.33. The third-order valence-corrected chi connectivity index (χ3v) is 4.74. The van der Waals surface area contributed by atoms with Crippen molar-refractivity contribution in [2.75, 3.05) is 12.3 Å². The molecule has 20 heavy (non-hydrogen) atoms. The maximum Gasteiger partial charge on any atom is 0.263 e. The normalized spacial score (nSPS) is 25.9. The zero-order valence-corrected chi connectivity index (χ0v) is 11.8. The number of anilines is 1. The van der Waals surface area contributed by atoms with E-state index in [2.05, 4.69) is 6.92 Å². The maximum absolute atomic E-state index is 12.4. The van der Waals surface area contributed by atoms with Crippen molar-refractivity contribution in [2.45, 2.75) is 32.6 Å². The van der Waals surface area contributed by atoms with Gasteiger partial charge in [-0.05, 0) is 30.4 Å². The van der Waals surface area contributed by atoms with E-state index in [1.54, 1.807) is 18.2 Å². The van der Waals surface area contributed by atoms with Crippen LogP contribution in [0.3, 0.4) is 0 Å². The topological polar surface area (TPSA) is 63.4 Å². The average molecular weight is 272 g/mol.